The molecule has 35 nitrogen and oxygen atoms in total. The highest BCUT2D eigenvalue weighted by Gasteiger charge is 2.47. The molecule has 3 fully saturated rings. The number of fused-ring (bicyclic) bond motifs is 3. The SMILES string of the molecule is Nc1ncnc2c1nnn2[C@@H]1O[C@H](CSCCC[NH3+])[C@@H](O)[C@H]1O.O=C=O.O=C=O.O=C=O.SI.[NH3+]CCCSC[C@H]1O[C@@H](n2cnc3c(=O)[nH]cnc32)[C@H](O)[C@@H]1O.[NH3+]CCCSC[C@H]1O[C@@H](n2nnc3c(=O)[nH]cnc32)[C@H](O)[C@@H]1O. The summed E-state index contributed by atoms with van der Waals surface area (Å²) in [6.07, 6.45) is -1.57. The summed E-state index contributed by atoms with van der Waals surface area (Å²) in [5, 5.41) is 76.8. The summed E-state index contributed by atoms with van der Waals surface area (Å²) in [5.74, 6) is 4.70. The minimum absolute atomic E-state index is 0.0612. The Morgan fingerprint density at radius 3 is 1.38 bits per heavy atom. The van der Waals surface area contributed by atoms with Gasteiger partial charge >= 0.3 is 18.5 Å². The van der Waals surface area contributed by atoms with E-state index in [0.29, 0.717) is 34.1 Å². The van der Waals surface area contributed by atoms with Crippen LogP contribution in [-0.4, -0.2) is 228 Å². The molecule has 3 aliphatic rings. The van der Waals surface area contributed by atoms with Crippen LogP contribution >= 0.6 is 66.3 Å². The number of nitrogens with one attached hydrogen (secondary N) is 2. The fourth-order valence-electron chi connectivity index (χ4n) is 7.39. The third-order valence-corrected chi connectivity index (χ3v) is 14.6. The molecule has 80 heavy (non-hydrogen) atoms. The van der Waals surface area contributed by atoms with Crippen LogP contribution in [0.1, 0.15) is 37.9 Å². The molecule has 40 heteroatoms. The van der Waals surface area contributed by atoms with Crippen LogP contribution in [0.3, 0.4) is 0 Å². The summed E-state index contributed by atoms with van der Waals surface area (Å²) in [7, 11) is 3.50. The number of imidazole rings is 1. The van der Waals surface area contributed by atoms with Gasteiger partial charge < -0.3 is 77.8 Å². The average Bonchev–Trinajstić information content (AvgIpc) is 4.33. The van der Waals surface area contributed by atoms with Crippen LogP contribution in [0.4, 0.5) is 5.82 Å². The lowest BCUT2D eigenvalue weighted by Gasteiger charge is -2.16. The number of nitrogen functional groups attached to an aromatic ring is 1. The van der Waals surface area contributed by atoms with Crippen molar-refractivity contribution in [2.24, 2.45) is 0 Å². The number of nitrogens with zero attached hydrogens (tertiary/aromatic N) is 12. The van der Waals surface area contributed by atoms with Gasteiger partial charge in [0.05, 0.1) is 56.9 Å². The van der Waals surface area contributed by atoms with Gasteiger partial charge in [-0.05, 0) is 38.5 Å². The second-order valence-electron chi connectivity index (χ2n) is 16.2. The quantitative estimate of drug-likeness (QED) is 0.0216. The first-order valence-corrected chi connectivity index (χ1v) is 30.1. The highest BCUT2D eigenvalue weighted by molar-refractivity contribution is 14.2. The summed E-state index contributed by atoms with van der Waals surface area (Å²) < 4.78 is 21.4. The van der Waals surface area contributed by atoms with E-state index in [1.54, 1.807) is 35.3 Å². The summed E-state index contributed by atoms with van der Waals surface area (Å²) >= 11 is 6.79. The number of carbonyl (C=O) groups excluding carboxylic acids is 6. The van der Waals surface area contributed by atoms with Gasteiger partial charge in [-0.25, -0.2) is 24.9 Å². The van der Waals surface area contributed by atoms with Crippen molar-refractivity contribution in [2.75, 3.05) is 59.9 Å². The Morgan fingerprint density at radius 2 is 0.938 bits per heavy atom. The van der Waals surface area contributed by atoms with E-state index in [4.69, 9.17) is 48.7 Å². The van der Waals surface area contributed by atoms with Crippen molar-refractivity contribution in [1.82, 2.24) is 69.4 Å². The van der Waals surface area contributed by atoms with Crippen LogP contribution in [0.5, 0.6) is 0 Å². The molecule has 3 aliphatic heterocycles. The molecule has 0 spiro atoms. The number of anilines is 1. The third-order valence-electron chi connectivity index (χ3n) is 11.2. The third kappa shape index (κ3) is 18.6. The Bertz CT molecular complexity index is 2850. The van der Waals surface area contributed by atoms with Gasteiger partial charge in [0.1, 0.15) is 43.0 Å². The van der Waals surface area contributed by atoms with E-state index in [2.05, 4.69) is 82.5 Å². The molecular weight excluding hydrogens is 1260 g/mol. The van der Waals surface area contributed by atoms with Crippen molar-refractivity contribution in [3.63, 3.8) is 0 Å². The summed E-state index contributed by atoms with van der Waals surface area (Å²) in [6.45, 7) is 2.60. The number of H-pyrrole nitrogens is 2. The standard InChI is InChI=1S/C13H19N5O4S.C12H19N7O3S.C12H18N6O4S.3CO2.HIS/c14-2-1-3-23-4-7-9(19)10(20)13(22-7)18-6-17-8-11(18)15-5-16-12(8)21;13-2-1-3-23-4-6-8(20)9(21)12(22-6)19-11-7(17-18-19)10(14)15-5-16-11;13-2-1-3-23-4-6-8(19)9(20)12(22-6)18-10-7(16-17-18)11(21)15-5-14-10;3*2-1-3;1-2/h5-7,9-10,13,19-20H,1-4,14H2,(H,15,16,21);5-6,8-9,12,20-21H,1-4,13H2,(H2,14,15,16);5-6,8-9,12,19-20H,1-4,13H2,(H,14,15,21);;;;2H/p+3/t7-,9-,10-,13-;2*6-,8-,9-,12-;;;;/m111..../s1. The van der Waals surface area contributed by atoms with Crippen LogP contribution in [0.15, 0.2) is 34.9 Å². The van der Waals surface area contributed by atoms with Crippen molar-refractivity contribution in [3.05, 3.63) is 46.0 Å². The lowest BCUT2D eigenvalue weighted by molar-refractivity contribution is -0.367. The van der Waals surface area contributed by atoms with Crippen molar-refractivity contribution in [2.45, 2.75) is 92.9 Å². The maximum absolute atomic E-state index is 11.7. The molecule has 0 saturated carbocycles. The maximum atomic E-state index is 11.7. The van der Waals surface area contributed by atoms with Crippen molar-refractivity contribution in [1.29, 1.82) is 0 Å². The van der Waals surface area contributed by atoms with Crippen LogP contribution in [-0.2, 0) is 43.0 Å². The minimum atomic E-state index is -1.17. The number of aromatic nitrogens is 14. The summed E-state index contributed by atoms with van der Waals surface area (Å²) in [4.78, 5) is 97.0. The molecule has 3 saturated heterocycles. The van der Waals surface area contributed by atoms with Gasteiger partial charge in [-0.2, -0.15) is 73.4 Å². The number of aliphatic hydroxyl groups is 6. The smallest absolute Gasteiger partial charge is 0.373 e. The molecular formula is C40H60IN18O17S4+3. The summed E-state index contributed by atoms with van der Waals surface area (Å²) in [5.41, 5.74) is 17.7. The molecule has 0 aliphatic carbocycles. The van der Waals surface area contributed by atoms with Crippen molar-refractivity contribution >= 4 is 124 Å². The highest BCUT2D eigenvalue weighted by Crippen LogP contribution is 2.35. The Kier molecular flexibility index (Phi) is 31.8. The fraction of sp³-hybridized carbons (Fsp3) is 0.600. The van der Waals surface area contributed by atoms with Crippen LogP contribution in [0, 0.1) is 0 Å². The maximum Gasteiger partial charge on any atom is 0.373 e. The predicted octanol–water partition coefficient (Wildman–Crippen LogP) is -7.09. The first kappa shape index (κ1) is 69.0. The number of aliphatic hydroxyl groups excluding tert-OH is 6. The normalized spacial score (nSPS) is 24.3. The highest BCUT2D eigenvalue weighted by atomic mass is 127. The van der Waals surface area contributed by atoms with Crippen LogP contribution in [0.2, 0.25) is 0 Å². The Balaban J connectivity index is 0.000000288. The first-order chi connectivity index (χ1) is 38.6. The van der Waals surface area contributed by atoms with E-state index in [0.717, 1.165) is 56.2 Å². The molecule has 9 rings (SSSR count). The number of quaternary nitrogens is 3. The van der Waals surface area contributed by atoms with E-state index in [1.807, 2.05) is 21.2 Å². The number of hydrogen-bond donors (Lipinski definition) is 13. The van der Waals surface area contributed by atoms with Crippen molar-refractivity contribution in [3.8, 4) is 0 Å². The van der Waals surface area contributed by atoms with E-state index < -0.39 is 79.2 Å². The lowest BCUT2D eigenvalue weighted by Crippen LogP contribution is -2.50. The number of thioether (sulfide) groups is 3. The lowest BCUT2D eigenvalue weighted by atomic mass is 10.1. The summed E-state index contributed by atoms with van der Waals surface area (Å²) in [6, 6.07) is 0. The van der Waals surface area contributed by atoms with E-state index in [-0.39, 0.29) is 46.5 Å². The van der Waals surface area contributed by atoms with Gasteiger partial charge in [0.25, 0.3) is 11.1 Å². The number of aromatic amines is 2. The van der Waals surface area contributed by atoms with Gasteiger partial charge in [-0.15, -0.1) is 20.0 Å². The second kappa shape index (κ2) is 36.9. The molecule has 19 N–H and O–H groups in total. The number of ether oxygens (including phenoxy) is 3. The van der Waals surface area contributed by atoms with Crippen LogP contribution < -0.4 is 34.1 Å². The minimum Gasteiger partial charge on any atom is -0.387 e. The molecule has 12 atom stereocenters. The molecule has 9 heterocycles. The molecule has 6 aromatic rings. The molecule has 0 radical (unpaired) electrons. The number of nitrogens with two attached hydrogens (primary N) is 1. The van der Waals surface area contributed by atoms with E-state index in [1.165, 1.54) is 39.2 Å². The number of halogens is 1. The number of rotatable bonds is 18. The zero-order valence-corrected chi connectivity index (χ0v) is 47.5. The molecule has 0 aromatic carbocycles. The fourth-order valence-corrected chi connectivity index (χ4v) is 10.6. The topological polar surface area (TPSA) is 557 Å². The van der Waals surface area contributed by atoms with E-state index in [9.17, 15) is 40.2 Å². The Morgan fingerprint density at radius 1 is 0.562 bits per heavy atom. The van der Waals surface area contributed by atoms with Gasteiger partial charge in [0.15, 0.2) is 58.0 Å². The first-order valence-electron chi connectivity index (χ1n) is 23.4. The van der Waals surface area contributed by atoms with E-state index >= 15 is 0 Å². The predicted molar refractivity (Wildman–Crippen MR) is 287 cm³/mol. The van der Waals surface area contributed by atoms with Crippen molar-refractivity contribution < 1.29 is 90.8 Å². The second-order valence-corrected chi connectivity index (χ2v) is 19.6. The Hall–Kier alpha value is -5.30. The Labute approximate surface area is 480 Å². The molecule has 6 aromatic heterocycles. The van der Waals surface area contributed by atoms with Crippen LogP contribution in [0.25, 0.3) is 33.5 Å². The molecule has 0 amide bonds. The van der Waals surface area contributed by atoms with Gasteiger partial charge in [-0.1, -0.05) is 10.4 Å². The zero-order chi connectivity index (χ0) is 59.3. The number of hydrogen-bond acceptors (Lipinski definition) is 31. The zero-order valence-electron chi connectivity index (χ0n) is 42.0. The molecule has 0 unspecified atom stereocenters. The van der Waals surface area contributed by atoms with Gasteiger partial charge in [0.2, 0.25) is 0 Å². The largest absolute Gasteiger partial charge is 0.387 e. The number of thiol groups is 1. The van der Waals surface area contributed by atoms with Gasteiger partial charge in [0, 0.05) is 36.5 Å². The average molecular weight is 1320 g/mol. The molecule has 440 valence electrons. The monoisotopic (exact) mass is 1320 g/mol. The molecule has 0 bridgehead atoms. The van der Waals surface area contributed by atoms with Gasteiger partial charge in [-0.3, -0.25) is 14.2 Å².